The lowest BCUT2D eigenvalue weighted by molar-refractivity contribution is -0.119. The number of para-hydroxylation sites is 1. The van der Waals surface area contributed by atoms with Gasteiger partial charge in [-0.1, -0.05) is 47.5 Å². The first kappa shape index (κ1) is 18.7. The molecule has 4 rings (SSSR count). The fourth-order valence-electron chi connectivity index (χ4n) is 3.47. The number of rotatable bonds is 4. The number of fused-ring (bicyclic) bond motifs is 1. The van der Waals surface area contributed by atoms with Crippen molar-refractivity contribution in [3.05, 3.63) is 93.5 Å². The van der Waals surface area contributed by atoms with Crippen LogP contribution in [0.15, 0.2) is 60.7 Å². The zero-order valence-electron chi connectivity index (χ0n) is 14.4. The van der Waals surface area contributed by atoms with Crippen LogP contribution in [0.3, 0.4) is 0 Å². The van der Waals surface area contributed by atoms with Crippen LogP contribution in [-0.2, 0) is 16.8 Å². The molecule has 1 atom stereocenters. The molecule has 28 heavy (non-hydrogen) atoms. The molecule has 1 heterocycles. The van der Waals surface area contributed by atoms with Crippen molar-refractivity contribution in [1.29, 1.82) is 0 Å². The summed E-state index contributed by atoms with van der Waals surface area (Å²) in [5, 5.41) is 6.53. The summed E-state index contributed by atoms with van der Waals surface area (Å²) in [6.45, 7) is 0. The summed E-state index contributed by atoms with van der Waals surface area (Å²) < 4.78 is 28.7. The van der Waals surface area contributed by atoms with Gasteiger partial charge in [0.1, 0.15) is 22.9 Å². The van der Waals surface area contributed by atoms with Crippen molar-refractivity contribution in [3.8, 4) is 0 Å². The summed E-state index contributed by atoms with van der Waals surface area (Å²) in [5.41, 5.74) is -0.0429. The second-order valence-corrected chi connectivity index (χ2v) is 7.45. The zero-order chi connectivity index (χ0) is 19.9. The van der Waals surface area contributed by atoms with Gasteiger partial charge in [0.05, 0.1) is 0 Å². The molecule has 0 spiro atoms. The molecular weight excluding hydrogens is 405 g/mol. The molecule has 3 nitrogen and oxygen atoms in total. The van der Waals surface area contributed by atoms with E-state index < -0.39 is 23.1 Å². The molecular formula is C21H14Cl2F2N2O. The number of nitrogens with one attached hydrogen (secondary N) is 2. The van der Waals surface area contributed by atoms with Gasteiger partial charge in [0, 0.05) is 27.7 Å². The van der Waals surface area contributed by atoms with E-state index in [0.717, 1.165) is 17.7 Å². The zero-order valence-corrected chi connectivity index (χ0v) is 15.9. The fraction of sp³-hybridized carbons (Fsp3) is 0.0952. The van der Waals surface area contributed by atoms with E-state index in [2.05, 4.69) is 10.6 Å². The van der Waals surface area contributed by atoms with Crippen molar-refractivity contribution in [3.63, 3.8) is 0 Å². The summed E-state index contributed by atoms with van der Waals surface area (Å²) in [4.78, 5) is 13.1. The summed E-state index contributed by atoms with van der Waals surface area (Å²) in [7, 11) is 0. The lowest BCUT2D eigenvalue weighted by Gasteiger charge is -2.30. The number of anilines is 2. The van der Waals surface area contributed by atoms with Crippen LogP contribution in [0.4, 0.5) is 20.2 Å². The lowest BCUT2D eigenvalue weighted by Crippen LogP contribution is -2.44. The standard InChI is InChI=1S/C21H14Cl2F2N2O/c22-13-4-1-3-12(9-13)11-21(27-19-16(24)5-2-6-17(19)25)15-8-7-14(23)10-18(15)26-20(21)28/h1-10,27H,11H2,(H,26,28)/t21-/m1/s1. The first-order valence-corrected chi connectivity index (χ1v) is 9.23. The van der Waals surface area contributed by atoms with Crippen molar-refractivity contribution in [2.45, 2.75) is 12.0 Å². The molecule has 3 aromatic rings. The fourth-order valence-corrected chi connectivity index (χ4v) is 3.86. The van der Waals surface area contributed by atoms with Gasteiger partial charge in [-0.25, -0.2) is 8.78 Å². The highest BCUT2D eigenvalue weighted by Crippen LogP contribution is 2.43. The molecule has 3 aromatic carbocycles. The number of carbonyl (C=O) groups excluding carboxylic acids is 1. The summed E-state index contributed by atoms with van der Waals surface area (Å²) in [6, 6.07) is 15.4. The number of hydrogen-bond acceptors (Lipinski definition) is 2. The number of amides is 1. The maximum absolute atomic E-state index is 14.4. The van der Waals surface area contributed by atoms with Gasteiger partial charge in [0.15, 0.2) is 0 Å². The summed E-state index contributed by atoms with van der Waals surface area (Å²) in [6.07, 6.45) is 0.127. The van der Waals surface area contributed by atoms with Crippen LogP contribution in [0, 0.1) is 11.6 Å². The van der Waals surface area contributed by atoms with Gasteiger partial charge in [-0.15, -0.1) is 0 Å². The molecule has 0 saturated carbocycles. The highest BCUT2D eigenvalue weighted by atomic mass is 35.5. The maximum Gasteiger partial charge on any atom is 0.255 e. The van der Waals surface area contributed by atoms with Gasteiger partial charge in [0.2, 0.25) is 0 Å². The minimum Gasteiger partial charge on any atom is -0.362 e. The van der Waals surface area contributed by atoms with Gasteiger partial charge in [-0.2, -0.15) is 0 Å². The Morgan fingerprint density at radius 2 is 1.61 bits per heavy atom. The van der Waals surface area contributed by atoms with Gasteiger partial charge < -0.3 is 10.6 Å². The SMILES string of the molecule is O=C1Nc2cc(Cl)ccc2[C@@]1(Cc1cccc(Cl)c1)Nc1c(F)cccc1F. The molecule has 142 valence electrons. The van der Waals surface area contributed by atoms with Crippen LogP contribution in [-0.4, -0.2) is 5.91 Å². The summed E-state index contributed by atoms with van der Waals surface area (Å²) >= 11 is 12.1. The van der Waals surface area contributed by atoms with E-state index in [-0.39, 0.29) is 12.1 Å². The van der Waals surface area contributed by atoms with E-state index in [0.29, 0.717) is 21.3 Å². The number of halogens is 4. The van der Waals surface area contributed by atoms with Crippen molar-refractivity contribution in [2.75, 3.05) is 10.6 Å². The predicted molar refractivity (Wildman–Crippen MR) is 107 cm³/mol. The Morgan fingerprint density at radius 1 is 0.929 bits per heavy atom. The topological polar surface area (TPSA) is 41.1 Å². The van der Waals surface area contributed by atoms with Crippen molar-refractivity contribution >= 4 is 40.5 Å². The normalized spacial score (nSPS) is 17.9. The van der Waals surface area contributed by atoms with Crippen molar-refractivity contribution in [1.82, 2.24) is 0 Å². The second-order valence-electron chi connectivity index (χ2n) is 6.58. The molecule has 1 aliphatic rings. The number of carbonyl (C=O) groups is 1. The first-order valence-electron chi connectivity index (χ1n) is 8.47. The summed E-state index contributed by atoms with van der Waals surface area (Å²) in [5.74, 6) is -2.02. The highest BCUT2D eigenvalue weighted by Gasteiger charge is 2.48. The van der Waals surface area contributed by atoms with Crippen LogP contribution in [0.1, 0.15) is 11.1 Å². The van der Waals surface area contributed by atoms with Gasteiger partial charge in [0.25, 0.3) is 5.91 Å². The molecule has 0 saturated heterocycles. The average molecular weight is 419 g/mol. The van der Waals surface area contributed by atoms with E-state index in [4.69, 9.17) is 23.2 Å². The largest absolute Gasteiger partial charge is 0.362 e. The molecule has 1 aliphatic heterocycles. The third-order valence-electron chi connectivity index (χ3n) is 4.74. The third kappa shape index (κ3) is 3.21. The van der Waals surface area contributed by atoms with Crippen molar-refractivity contribution in [2.24, 2.45) is 0 Å². The molecule has 0 aliphatic carbocycles. The molecule has 0 fully saturated rings. The maximum atomic E-state index is 14.4. The van der Waals surface area contributed by atoms with E-state index in [1.54, 1.807) is 42.5 Å². The van der Waals surface area contributed by atoms with E-state index in [1.807, 2.05) is 0 Å². The molecule has 0 unspecified atom stereocenters. The third-order valence-corrected chi connectivity index (χ3v) is 5.21. The Bertz CT molecular complexity index is 1070. The smallest absolute Gasteiger partial charge is 0.255 e. The van der Waals surface area contributed by atoms with E-state index in [9.17, 15) is 13.6 Å². The lowest BCUT2D eigenvalue weighted by atomic mass is 9.84. The van der Waals surface area contributed by atoms with Crippen molar-refractivity contribution < 1.29 is 13.6 Å². The van der Waals surface area contributed by atoms with Gasteiger partial charge in [-0.3, -0.25) is 4.79 Å². The van der Waals surface area contributed by atoms with Crippen LogP contribution >= 0.6 is 23.2 Å². The Hall–Kier alpha value is -2.63. The Kier molecular flexibility index (Phi) is 4.73. The Morgan fingerprint density at radius 3 is 2.32 bits per heavy atom. The molecule has 2 N–H and O–H groups in total. The van der Waals surface area contributed by atoms with Crippen LogP contribution in [0.5, 0.6) is 0 Å². The predicted octanol–water partition coefficient (Wildman–Crippen LogP) is 5.77. The van der Waals surface area contributed by atoms with Gasteiger partial charge >= 0.3 is 0 Å². The van der Waals surface area contributed by atoms with Crippen LogP contribution in [0.25, 0.3) is 0 Å². The van der Waals surface area contributed by atoms with Crippen LogP contribution < -0.4 is 10.6 Å². The number of hydrogen-bond donors (Lipinski definition) is 2. The van der Waals surface area contributed by atoms with E-state index >= 15 is 0 Å². The highest BCUT2D eigenvalue weighted by molar-refractivity contribution is 6.31. The van der Waals surface area contributed by atoms with Crippen LogP contribution in [0.2, 0.25) is 10.0 Å². The molecule has 0 aromatic heterocycles. The molecule has 7 heteroatoms. The first-order chi connectivity index (χ1) is 13.4. The quantitative estimate of drug-likeness (QED) is 0.564. The minimum absolute atomic E-state index is 0.127. The molecule has 1 amide bonds. The Balaban J connectivity index is 1.88. The second kappa shape index (κ2) is 7.08. The van der Waals surface area contributed by atoms with E-state index in [1.165, 1.54) is 6.07 Å². The monoisotopic (exact) mass is 418 g/mol. The molecule has 0 bridgehead atoms. The number of benzene rings is 3. The Labute approximate surface area is 170 Å². The average Bonchev–Trinajstić information content (AvgIpc) is 2.89. The molecule has 0 radical (unpaired) electrons. The van der Waals surface area contributed by atoms with Gasteiger partial charge in [-0.05, 0) is 42.0 Å². The minimum atomic E-state index is -1.44.